The standard InChI is InChI=1S/C12H28NOP/c1-2-3-4-5-6-7-8-9-10-11-12-14-15-13/h15H,2-13H2,1H3. The molecule has 0 radical (unpaired) electrons. The van der Waals surface area contributed by atoms with Crippen molar-refractivity contribution in [1.82, 2.24) is 0 Å². The van der Waals surface area contributed by atoms with E-state index in [1.54, 1.807) is 0 Å². The van der Waals surface area contributed by atoms with Gasteiger partial charge in [0.05, 0.1) is 15.6 Å². The zero-order chi connectivity index (χ0) is 11.2. The summed E-state index contributed by atoms with van der Waals surface area (Å²) in [4.78, 5) is 0. The Morgan fingerprint density at radius 2 is 1.27 bits per heavy atom. The molecule has 0 fully saturated rings. The van der Waals surface area contributed by atoms with Gasteiger partial charge in [0, 0.05) is 0 Å². The van der Waals surface area contributed by atoms with E-state index < -0.39 is 0 Å². The van der Waals surface area contributed by atoms with Crippen molar-refractivity contribution in [1.29, 1.82) is 0 Å². The molecule has 15 heavy (non-hydrogen) atoms. The van der Waals surface area contributed by atoms with E-state index in [1.165, 1.54) is 64.2 Å². The van der Waals surface area contributed by atoms with Crippen LogP contribution in [0.1, 0.15) is 71.1 Å². The lowest BCUT2D eigenvalue weighted by molar-refractivity contribution is 0.345. The van der Waals surface area contributed by atoms with Gasteiger partial charge in [0.25, 0.3) is 0 Å². The first kappa shape index (κ1) is 15.3. The Bertz CT molecular complexity index is 99.8. The van der Waals surface area contributed by atoms with Crippen LogP contribution in [0.25, 0.3) is 0 Å². The number of rotatable bonds is 12. The van der Waals surface area contributed by atoms with Crippen molar-refractivity contribution < 1.29 is 4.52 Å². The molecule has 0 aliphatic rings. The van der Waals surface area contributed by atoms with Gasteiger partial charge in [-0.2, -0.15) is 0 Å². The van der Waals surface area contributed by atoms with Gasteiger partial charge in [-0.05, 0) is 6.42 Å². The summed E-state index contributed by atoms with van der Waals surface area (Å²) in [6, 6.07) is 0. The molecule has 0 rings (SSSR count). The first-order valence-corrected chi connectivity index (χ1v) is 7.47. The average Bonchev–Trinajstić information content (AvgIpc) is 2.26. The SMILES string of the molecule is CCCCCCCCCCCCOPN. The maximum Gasteiger partial charge on any atom is 0.0833 e. The molecule has 3 heteroatoms. The van der Waals surface area contributed by atoms with Crippen molar-refractivity contribution in [3.63, 3.8) is 0 Å². The summed E-state index contributed by atoms with van der Waals surface area (Å²) in [7, 11) is 0.170. The Morgan fingerprint density at radius 1 is 0.800 bits per heavy atom. The highest BCUT2D eigenvalue weighted by atomic mass is 31.1. The Hall–Kier alpha value is 0.350. The van der Waals surface area contributed by atoms with Crippen LogP contribution in [0.5, 0.6) is 0 Å². The molecule has 0 aromatic carbocycles. The fraction of sp³-hybridized carbons (Fsp3) is 1.00. The summed E-state index contributed by atoms with van der Waals surface area (Å²) < 4.78 is 5.11. The summed E-state index contributed by atoms with van der Waals surface area (Å²) in [6.45, 7) is 3.12. The normalized spacial score (nSPS) is 11.6. The summed E-state index contributed by atoms with van der Waals surface area (Å²) in [5.41, 5.74) is 5.25. The second-order valence-corrected chi connectivity index (χ2v) is 4.67. The van der Waals surface area contributed by atoms with E-state index in [0.717, 1.165) is 6.61 Å². The highest BCUT2D eigenvalue weighted by Crippen LogP contribution is 2.11. The minimum Gasteiger partial charge on any atom is -0.347 e. The molecule has 0 aromatic heterocycles. The maximum absolute atomic E-state index is 5.25. The second-order valence-electron chi connectivity index (χ2n) is 4.15. The molecule has 0 saturated heterocycles. The van der Waals surface area contributed by atoms with Crippen molar-refractivity contribution in [2.45, 2.75) is 71.1 Å². The fourth-order valence-electron chi connectivity index (χ4n) is 1.72. The van der Waals surface area contributed by atoms with E-state index in [9.17, 15) is 0 Å². The van der Waals surface area contributed by atoms with Crippen LogP contribution in [-0.4, -0.2) is 6.61 Å². The lowest BCUT2D eigenvalue weighted by Crippen LogP contribution is -1.88. The van der Waals surface area contributed by atoms with E-state index in [2.05, 4.69) is 6.92 Å². The van der Waals surface area contributed by atoms with Crippen LogP contribution < -0.4 is 5.50 Å². The molecule has 0 aromatic rings. The Labute approximate surface area is 97.3 Å². The predicted octanol–water partition coefficient (Wildman–Crippen LogP) is 4.39. The summed E-state index contributed by atoms with van der Waals surface area (Å²) >= 11 is 0. The Morgan fingerprint density at radius 3 is 1.73 bits per heavy atom. The lowest BCUT2D eigenvalue weighted by atomic mass is 10.1. The molecule has 0 aliphatic carbocycles. The molecular formula is C12H28NOP. The maximum atomic E-state index is 5.25. The van der Waals surface area contributed by atoms with E-state index in [-0.39, 0.29) is 8.96 Å². The topological polar surface area (TPSA) is 35.2 Å². The number of hydrogen-bond acceptors (Lipinski definition) is 2. The van der Waals surface area contributed by atoms with Crippen molar-refractivity contribution in [2.24, 2.45) is 5.50 Å². The molecule has 0 spiro atoms. The van der Waals surface area contributed by atoms with Gasteiger partial charge < -0.3 is 4.52 Å². The van der Waals surface area contributed by atoms with Crippen LogP contribution in [0.3, 0.4) is 0 Å². The van der Waals surface area contributed by atoms with Crippen molar-refractivity contribution in [2.75, 3.05) is 6.61 Å². The minimum absolute atomic E-state index is 0.170. The Balaban J connectivity index is 2.81. The molecule has 0 bridgehead atoms. The third kappa shape index (κ3) is 14.4. The van der Waals surface area contributed by atoms with Gasteiger partial charge in [-0.1, -0.05) is 64.7 Å². The highest BCUT2D eigenvalue weighted by molar-refractivity contribution is 7.29. The highest BCUT2D eigenvalue weighted by Gasteiger charge is 1.92. The van der Waals surface area contributed by atoms with Crippen LogP contribution in [0.15, 0.2) is 0 Å². The number of nitrogens with two attached hydrogens (primary N) is 1. The first-order chi connectivity index (χ1) is 7.41. The van der Waals surface area contributed by atoms with Crippen molar-refractivity contribution in [3.8, 4) is 0 Å². The molecule has 1 unspecified atom stereocenters. The second kappa shape index (κ2) is 14.3. The van der Waals surface area contributed by atoms with Crippen LogP contribution in [-0.2, 0) is 4.52 Å². The van der Waals surface area contributed by atoms with E-state index >= 15 is 0 Å². The molecule has 1 atom stereocenters. The zero-order valence-electron chi connectivity index (χ0n) is 10.3. The van der Waals surface area contributed by atoms with Crippen LogP contribution in [0.2, 0.25) is 0 Å². The smallest absolute Gasteiger partial charge is 0.0833 e. The summed E-state index contributed by atoms with van der Waals surface area (Å²) in [5.74, 6) is 0. The van der Waals surface area contributed by atoms with Crippen LogP contribution >= 0.6 is 8.96 Å². The minimum atomic E-state index is 0.170. The molecule has 2 N–H and O–H groups in total. The van der Waals surface area contributed by atoms with Gasteiger partial charge in [0.15, 0.2) is 0 Å². The molecular weight excluding hydrogens is 205 g/mol. The van der Waals surface area contributed by atoms with Gasteiger partial charge >= 0.3 is 0 Å². The summed E-state index contributed by atoms with van der Waals surface area (Å²) in [5, 5.41) is 0. The van der Waals surface area contributed by atoms with Crippen molar-refractivity contribution >= 4 is 8.96 Å². The number of hydrogen-bond donors (Lipinski definition) is 1. The van der Waals surface area contributed by atoms with Crippen LogP contribution in [0.4, 0.5) is 0 Å². The van der Waals surface area contributed by atoms with E-state index in [4.69, 9.17) is 10.0 Å². The predicted molar refractivity (Wildman–Crippen MR) is 70.3 cm³/mol. The third-order valence-corrected chi connectivity index (χ3v) is 3.05. The molecule has 0 saturated carbocycles. The van der Waals surface area contributed by atoms with Gasteiger partial charge in [0.1, 0.15) is 0 Å². The van der Waals surface area contributed by atoms with Gasteiger partial charge in [0.2, 0.25) is 0 Å². The van der Waals surface area contributed by atoms with E-state index in [0.29, 0.717) is 0 Å². The molecule has 92 valence electrons. The lowest BCUT2D eigenvalue weighted by Gasteiger charge is -2.02. The summed E-state index contributed by atoms with van der Waals surface area (Å²) in [6.07, 6.45) is 13.7. The van der Waals surface area contributed by atoms with Crippen LogP contribution in [0, 0.1) is 0 Å². The molecule has 0 heterocycles. The number of unbranched alkanes of at least 4 members (excludes halogenated alkanes) is 9. The zero-order valence-corrected chi connectivity index (χ0v) is 11.3. The quantitative estimate of drug-likeness (QED) is 0.401. The van der Waals surface area contributed by atoms with Gasteiger partial charge in [-0.3, -0.25) is 5.50 Å². The van der Waals surface area contributed by atoms with Crippen molar-refractivity contribution in [3.05, 3.63) is 0 Å². The Kier molecular flexibility index (Phi) is 14.7. The molecule has 0 amide bonds. The largest absolute Gasteiger partial charge is 0.347 e. The third-order valence-electron chi connectivity index (χ3n) is 2.68. The van der Waals surface area contributed by atoms with Gasteiger partial charge in [-0.25, -0.2) is 0 Å². The molecule has 0 aliphatic heterocycles. The van der Waals surface area contributed by atoms with E-state index in [1.807, 2.05) is 0 Å². The van der Waals surface area contributed by atoms with Gasteiger partial charge in [-0.15, -0.1) is 0 Å². The monoisotopic (exact) mass is 233 g/mol. The fourth-order valence-corrected chi connectivity index (χ4v) is 1.98. The molecule has 2 nitrogen and oxygen atoms in total. The average molecular weight is 233 g/mol. The first-order valence-electron chi connectivity index (χ1n) is 6.49.